The van der Waals surface area contributed by atoms with E-state index < -0.39 is 11.3 Å². The highest BCUT2D eigenvalue weighted by molar-refractivity contribution is 5.92. The molecule has 0 spiro atoms. The van der Waals surface area contributed by atoms with Crippen molar-refractivity contribution in [2.45, 2.75) is 64.7 Å². The second-order valence-corrected chi connectivity index (χ2v) is 13.3. The third kappa shape index (κ3) is 6.35. The number of fused-ring (bicyclic) bond motifs is 1. The highest BCUT2D eigenvalue weighted by Crippen LogP contribution is 2.55. The Balaban J connectivity index is 1.38. The molecule has 0 N–H and O–H groups in total. The molecule has 0 unspecified atom stereocenters. The zero-order chi connectivity index (χ0) is 31.5. The average molecular weight is 603 g/mol. The molecule has 0 aromatic heterocycles. The number of piperidine rings is 2. The maximum Gasteiger partial charge on any atom is 0.317 e. The molecule has 2 aromatic carbocycles. The predicted molar refractivity (Wildman–Crippen MR) is 168 cm³/mol. The Labute approximate surface area is 261 Å². The fourth-order valence-corrected chi connectivity index (χ4v) is 7.59. The minimum atomic E-state index is -0.979. The van der Waals surface area contributed by atoms with Crippen LogP contribution >= 0.6 is 0 Å². The summed E-state index contributed by atoms with van der Waals surface area (Å²) in [6, 6.07) is 16.2. The van der Waals surface area contributed by atoms with Crippen molar-refractivity contribution in [3.05, 3.63) is 71.4 Å². The summed E-state index contributed by atoms with van der Waals surface area (Å²) in [5.41, 5.74) is 1.89. The van der Waals surface area contributed by atoms with Crippen molar-refractivity contribution in [1.82, 2.24) is 9.80 Å². The van der Waals surface area contributed by atoms with E-state index in [-0.39, 0.29) is 36.0 Å². The predicted octanol–water partition coefficient (Wildman–Crippen LogP) is 5.75. The smallest absolute Gasteiger partial charge is 0.317 e. The van der Waals surface area contributed by atoms with Crippen LogP contribution in [0.5, 0.6) is 11.5 Å². The van der Waals surface area contributed by atoms with Crippen molar-refractivity contribution < 1.29 is 28.6 Å². The minimum absolute atomic E-state index is 0.0165. The molecule has 2 atom stereocenters. The second kappa shape index (κ2) is 13.0. The molecule has 8 nitrogen and oxygen atoms in total. The van der Waals surface area contributed by atoms with E-state index in [2.05, 4.69) is 44.2 Å². The standard InChI is InChI=1S/C36H46N2O6/c1-35(2)17-13-31-36(24-35,34(41)44-5)23-28(22-32(39)37-18-15-27(16-19-37)26-9-7-6-8-10-26)33(40)38(31)20-14-25-11-12-29(42-3)30(21-25)43-4/h6-13,21,27-28H,14-20,22-24H2,1-5H3/t28-,36-/m1/s1. The number of nitrogens with zero attached hydrogens (tertiary/aromatic N) is 2. The summed E-state index contributed by atoms with van der Waals surface area (Å²) in [5, 5.41) is 0. The van der Waals surface area contributed by atoms with E-state index >= 15 is 0 Å². The molecule has 2 amide bonds. The van der Waals surface area contributed by atoms with Gasteiger partial charge in [-0.25, -0.2) is 0 Å². The van der Waals surface area contributed by atoms with Crippen LogP contribution in [0.25, 0.3) is 0 Å². The van der Waals surface area contributed by atoms with Gasteiger partial charge in [0.05, 0.1) is 21.3 Å². The number of esters is 1. The zero-order valence-electron chi connectivity index (χ0n) is 26.8. The van der Waals surface area contributed by atoms with Crippen LogP contribution in [-0.4, -0.2) is 68.5 Å². The van der Waals surface area contributed by atoms with Gasteiger partial charge in [0.2, 0.25) is 11.8 Å². The second-order valence-electron chi connectivity index (χ2n) is 13.3. The van der Waals surface area contributed by atoms with Crippen LogP contribution in [0.4, 0.5) is 0 Å². The summed E-state index contributed by atoms with van der Waals surface area (Å²) in [6.07, 6.45) is 6.10. The van der Waals surface area contributed by atoms with Crippen LogP contribution in [0.2, 0.25) is 0 Å². The van der Waals surface area contributed by atoms with E-state index in [1.54, 1.807) is 19.1 Å². The van der Waals surface area contributed by atoms with E-state index in [0.29, 0.717) is 49.9 Å². The summed E-state index contributed by atoms with van der Waals surface area (Å²) >= 11 is 0. The number of benzene rings is 2. The maximum atomic E-state index is 14.2. The number of rotatable bonds is 9. The van der Waals surface area contributed by atoms with Crippen LogP contribution in [-0.2, 0) is 25.5 Å². The summed E-state index contributed by atoms with van der Waals surface area (Å²) in [6.45, 7) is 6.01. The monoisotopic (exact) mass is 602 g/mol. The van der Waals surface area contributed by atoms with E-state index in [0.717, 1.165) is 30.5 Å². The SMILES string of the molecule is COC(=O)[C@@]12C[C@@H](CC(=O)N3CCC(c4ccccc4)CC3)C(=O)N(CCc3ccc(OC)c(OC)c3)C1=CCC(C)(C)C2. The third-order valence-corrected chi connectivity index (χ3v) is 9.81. The van der Waals surface area contributed by atoms with Gasteiger partial charge in [-0.05, 0) is 73.1 Å². The van der Waals surface area contributed by atoms with Gasteiger partial charge in [-0.2, -0.15) is 0 Å². The van der Waals surface area contributed by atoms with Crippen molar-refractivity contribution in [1.29, 1.82) is 0 Å². The van der Waals surface area contributed by atoms with Crippen molar-refractivity contribution in [3.8, 4) is 11.5 Å². The molecule has 44 heavy (non-hydrogen) atoms. The highest BCUT2D eigenvalue weighted by atomic mass is 16.5. The van der Waals surface area contributed by atoms with Gasteiger partial charge in [-0.1, -0.05) is 56.3 Å². The molecule has 8 heteroatoms. The Hall–Kier alpha value is -3.81. The molecular weight excluding hydrogens is 556 g/mol. The normalized spacial score (nSPS) is 23.4. The van der Waals surface area contributed by atoms with Gasteiger partial charge in [0.15, 0.2) is 11.5 Å². The lowest BCUT2D eigenvalue weighted by atomic mass is 9.59. The van der Waals surface area contributed by atoms with E-state index in [4.69, 9.17) is 14.2 Å². The lowest BCUT2D eigenvalue weighted by Crippen LogP contribution is -2.56. The molecule has 2 saturated heterocycles. The zero-order valence-corrected chi connectivity index (χ0v) is 26.8. The molecule has 0 bridgehead atoms. The average Bonchev–Trinajstić information content (AvgIpc) is 3.04. The molecule has 2 aromatic rings. The maximum absolute atomic E-state index is 14.2. The number of hydrogen-bond acceptors (Lipinski definition) is 6. The lowest BCUT2D eigenvalue weighted by Gasteiger charge is -2.51. The Morgan fingerprint density at radius 1 is 0.955 bits per heavy atom. The number of carbonyl (C=O) groups excluding carboxylic acids is 3. The fourth-order valence-electron chi connectivity index (χ4n) is 7.59. The van der Waals surface area contributed by atoms with Crippen LogP contribution in [0.3, 0.4) is 0 Å². The van der Waals surface area contributed by atoms with Gasteiger partial charge in [-0.15, -0.1) is 0 Å². The molecule has 236 valence electrons. The number of ether oxygens (including phenoxy) is 3. The van der Waals surface area contributed by atoms with Gasteiger partial charge in [0, 0.05) is 37.7 Å². The van der Waals surface area contributed by atoms with Crippen molar-refractivity contribution >= 4 is 17.8 Å². The fraction of sp³-hybridized carbons (Fsp3) is 0.528. The Kier molecular flexibility index (Phi) is 9.37. The van der Waals surface area contributed by atoms with E-state index in [9.17, 15) is 14.4 Å². The quantitative estimate of drug-likeness (QED) is 0.340. The summed E-state index contributed by atoms with van der Waals surface area (Å²) in [4.78, 5) is 45.3. The molecule has 5 rings (SSSR count). The number of allylic oxidation sites excluding steroid dienone is 1. The molecular formula is C36H46N2O6. The largest absolute Gasteiger partial charge is 0.493 e. The van der Waals surface area contributed by atoms with Gasteiger partial charge in [-0.3, -0.25) is 14.4 Å². The Morgan fingerprint density at radius 3 is 2.32 bits per heavy atom. The minimum Gasteiger partial charge on any atom is -0.493 e. The number of amides is 2. The number of likely N-dealkylation sites (tertiary alicyclic amines) is 2. The molecule has 2 aliphatic heterocycles. The first-order valence-corrected chi connectivity index (χ1v) is 15.7. The highest BCUT2D eigenvalue weighted by Gasteiger charge is 2.57. The Bertz CT molecular complexity index is 1390. The molecule has 3 aliphatic rings. The number of carbonyl (C=O) groups is 3. The molecule has 2 heterocycles. The first-order valence-electron chi connectivity index (χ1n) is 15.7. The number of methoxy groups -OCH3 is 3. The Morgan fingerprint density at radius 2 is 1.66 bits per heavy atom. The van der Waals surface area contributed by atoms with Gasteiger partial charge < -0.3 is 24.0 Å². The van der Waals surface area contributed by atoms with E-state index in [1.165, 1.54) is 12.7 Å². The van der Waals surface area contributed by atoms with Crippen molar-refractivity contribution in [3.63, 3.8) is 0 Å². The summed E-state index contributed by atoms with van der Waals surface area (Å²) in [7, 11) is 4.61. The third-order valence-electron chi connectivity index (χ3n) is 9.81. The van der Waals surface area contributed by atoms with Gasteiger partial charge in [0.1, 0.15) is 5.41 Å². The molecule has 0 saturated carbocycles. The first kappa shape index (κ1) is 31.6. The number of hydrogen-bond donors (Lipinski definition) is 0. The van der Waals surface area contributed by atoms with Crippen molar-refractivity contribution in [2.24, 2.45) is 16.7 Å². The van der Waals surface area contributed by atoms with E-state index in [1.807, 2.05) is 29.2 Å². The molecule has 0 radical (unpaired) electrons. The van der Waals surface area contributed by atoms with Crippen LogP contribution in [0.1, 0.15) is 69.4 Å². The van der Waals surface area contributed by atoms with Crippen LogP contribution in [0, 0.1) is 16.7 Å². The topological polar surface area (TPSA) is 85.4 Å². The van der Waals surface area contributed by atoms with Gasteiger partial charge >= 0.3 is 5.97 Å². The van der Waals surface area contributed by atoms with Crippen molar-refractivity contribution in [2.75, 3.05) is 41.0 Å². The molecule has 2 fully saturated rings. The lowest BCUT2D eigenvalue weighted by molar-refractivity contribution is -0.163. The molecule has 1 aliphatic carbocycles. The first-order chi connectivity index (χ1) is 21.1. The van der Waals surface area contributed by atoms with Crippen LogP contribution in [0.15, 0.2) is 60.3 Å². The summed E-state index contributed by atoms with van der Waals surface area (Å²) in [5.74, 6) is 0.644. The summed E-state index contributed by atoms with van der Waals surface area (Å²) < 4.78 is 16.3. The van der Waals surface area contributed by atoms with Gasteiger partial charge in [0.25, 0.3) is 0 Å². The van der Waals surface area contributed by atoms with Crippen LogP contribution < -0.4 is 9.47 Å².